The first kappa shape index (κ1) is 53.4. The number of nitrogens with two attached hydrogens (primary N) is 2. The molecule has 0 atom stereocenters. The van der Waals surface area contributed by atoms with Crippen molar-refractivity contribution in [1.29, 1.82) is 0 Å². The molecule has 19 nitrogen and oxygen atoms in total. The number of para-hydroxylation sites is 1. The van der Waals surface area contributed by atoms with Gasteiger partial charge >= 0.3 is 36.2 Å². The molecule has 6 N–H and O–H groups in total. The number of hydrogen-bond donors (Lipinski definition) is 4. The molecule has 0 saturated heterocycles. The van der Waals surface area contributed by atoms with Crippen LogP contribution in [0.15, 0.2) is 76.7 Å². The molecule has 0 aliphatic carbocycles. The molecule has 0 aromatic heterocycles. The van der Waals surface area contributed by atoms with Gasteiger partial charge in [-0.15, -0.1) is 9.98 Å². The third-order valence-electron chi connectivity index (χ3n) is 8.14. The van der Waals surface area contributed by atoms with Gasteiger partial charge in [0.05, 0.1) is 29.1 Å². The second-order valence-corrected chi connectivity index (χ2v) is 24.7. The molecule has 3 rings (SSSR count). The van der Waals surface area contributed by atoms with Crippen LogP contribution in [0.4, 0.5) is 25.8 Å². The predicted molar refractivity (Wildman–Crippen MR) is 252 cm³/mol. The maximum absolute atomic E-state index is 13.7. The summed E-state index contributed by atoms with van der Waals surface area (Å²) in [6.45, 7) is 21.1. The molecule has 0 bridgehead atoms. The summed E-state index contributed by atoms with van der Waals surface area (Å²) in [5.74, 6) is -2.81. The van der Waals surface area contributed by atoms with Crippen LogP contribution in [0.5, 0.6) is 5.75 Å². The van der Waals surface area contributed by atoms with Gasteiger partial charge in [0.25, 0.3) is 0 Å². The average Bonchev–Trinajstić information content (AvgIpc) is 3.15. The number of esters is 3. The van der Waals surface area contributed by atoms with Crippen LogP contribution in [0.2, 0.25) is 25.7 Å². The minimum Gasteiger partial charge on any atom is -0.465 e. The van der Waals surface area contributed by atoms with Crippen molar-refractivity contribution in [3.8, 4) is 5.75 Å². The number of nitrogens with one attached hydrogen (secondary N) is 2. The summed E-state index contributed by atoms with van der Waals surface area (Å²) in [4.78, 5) is 86.3. The molecule has 0 unspecified atom stereocenters. The Balaban J connectivity index is 1.82. The summed E-state index contributed by atoms with van der Waals surface area (Å²) in [5, 5.41) is 5.42. The van der Waals surface area contributed by atoms with Crippen molar-refractivity contribution in [3.05, 3.63) is 89.0 Å². The van der Waals surface area contributed by atoms with E-state index in [1.807, 2.05) is 0 Å². The van der Waals surface area contributed by atoms with Crippen LogP contribution in [0.25, 0.3) is 0 Å². The number of carbonyl (C=O) groups is 6. The van der Waals surface area contributed by atoms with Gasteiger partial charge in [-0.2, -0.15) is 0 Å². The fourth-order valence-corrected chi connectivity index (χ4v) is 6.03. The molecule has 3 amide bonds. The lowest BCUT2D eigenvalue weighted by molar-refractivity contribution is -0.144. The zero-order valence-electron chi connectivity index (χ0n) is 39.8. The van der Waals surface area contributed by atoms with Crippen molar-refractivity contribution in [3.63, 3.8) is 0 Å². The monoisotopic (exact) mass is 933 g/mol. The van der Waals surface area contributed by atoms with Crippen molar-refractivity contribution in [2.75, 3.05) is 23.8 Å². The van der Waals surface area contributed by atoms with E-state index in [0.29, 0.717) is 11.1 Å². The van der Waals surface area contributed by atoms with Gasteiger partial charge in [-0.1, -0.05) is 50.0 Å². The van der Waals surface area contributed by atoms with E-state index in [1.165, 1.54) is 35.2 Å². The first-order valence-corrected chi connectivity index (χ1v) is 24.7. The highest BCUT2D eigenvalue weighted by molar-refractivity contribution is 6.76. The molecule has 66 heavy (non-hydrogen) atoms. The van der Waals surface area contributed by atoms with Gasteiger partial charge in [0.2, 0.25) is 11.9 Å². The lowest BCUT2D eigenvalue weighted by atomic mass is 10.1. The number of rotatable bonds is 14. The van der Waals surface area contributed by atoms with E-state index in [2.05, 4.69) is 40.3 Å². The largest absolute Gasteiger partial charge is 0.465 e. The van der Waals surface area contributed by atoms with Gasteiger partial charge in [0.1, 0.15) is 35.7 Å². The number of carbonyl (C=O) groups excluding carboxylic acids is 6. The zero-order valence-corrected chi connectivity index (χ0v) is 40.8. The molecular formula is C46H63N7O12Si. The number of ether oxygens (including phenoxy) is 6. The summed E-state index contributed by atoms with van der Waals surface area (Å²) in [7, 11) is -1.50. The predicted octanol–water partition coefficient (Wildman–Crippen LogP) is 8.20. The Morgan fingerprint density at radius 1 is 0.667 bits per heavy atom. The normalized spacial score (nSPS) is 12.3. The molecule has 0 heterocycles. The molecule has 3 aromatic rings. The lowest BCUT2D eigenvalue weighted by Crippen LogP contribution is -2.37. The SMILES string of the molecule is CC(C)(C)OC(=O)N=C(N)Nc1cccc(C(=O)Oc2ccc(COC(=O)N(CC(=O)OCC[Si](C)(C)C)Cc3cccc(C(=O)OC(C)(C)C)c3)cc2)c1NC(N)=NC(=O)OC(C)(C)C. The molecule has 0 spiro atoms. The Kier molecular flexibility index (Phi) is 18.4. The molecule has 20 heteroatoms. The fourth-order valence-electron chi connectivity index (χ4n) is 5.31. The standard InChI is InChI=1S/C46H63N7O12Si/c1-44(2,3)63-37(55)31-16-13-15-30(25-31)26-53(27-35(54)60-23-24-66(10,11)12)43(59)61-28-29-19-21-32(22-20-29)62-38(56)33-17-14-18-34(49-39(47)51-41(57)64-45(4,5)6)36(33)50-40(48)52-42(58)65-46(7,8)9/h13-22,25H,23-24,26-28H2,1-12H3,(H3,47,49,51,57)(H3,48,50,52,58). The second kappa shape index (κ2) is 22.8. The summed E-state index contributed by atoms with van der Waals surface area (Å²) < 4.78 is 32.7. The Morgan fingerprint density at radius 2 is 1.23 bits per heavy atom. The van der Waals surface area contributed by atoms with E-state index in [9.17, 15) is 28.8 Å². The van der Waals surface area contributed by atoms with Crippen molar-refractivity contribution in [2.45, 2.75) is 118 Å². The molecule has 0 aliphatic heterocycles. The molecule has 0 fully saturated rings. The van der Waals surface area contributed by atoms with E-state index in [0.717, 1.165) is 6.04 Å². The van der Waals surface area contributed by atoms with Crippen molar-refractivity contribution in [2.24, 2.45) is 21.5 Å². The minimum absolute atomic E-state index is 0.0563. The Labute approximate surface area is 386 Å². The lowest BCUT2D eigenvalue weighted by Gasteiger charge is -2.23. The third kappa shape index (κ3) is 20.3. The van der Waals surface area contributed by atoms with Gasteiger partial charge in [-0.3, -0.25) is 9.69 Å². The number of benzene rings is 3. The van der Waals surface area contributed by atoms with Crippen molar-refractivity contribution in [1.82, 2.24) is 4.90 Å². The number of nitrogens with zero attached hydrogens (tertiary/aromatic N) is 3. The highest BCUT2D eigenvalue weighted by Crippen LogP contribution is 2.28. The Hall–Kier alpha value is -6.96. The molecule has 0 aliphatic rings. The summed E-state index contributed by atoms with van der Waals surface area (Å²) in [5.41, 5.74) is 10.9. The van der Waals surface area contributed by atoms with Crippen molar-refractivity contribution < 1.29 is 57.2 Å². The number of anilines is 2. The smallest absolute Gasteiger partial charge is 0.437 e. The van der Waals surface area contributed by atoms with Crippen LogP contribution in [0, 0.1) is 0 Å². The van der Waals surface area contributed by atoms with Crippen LogP contribution in [-0.2, 0) is 41.6 Å². The van der Waals surface area contributed by atoms with Gasteiger partial charge in [-0.25, -0.2) is 24.0 Å². The zero-order chi connectivity index (χ0) is 49.6. The fraction of sp³-hybridized carbons (Fsp3) is 0.435. The summed E-state index contributed by atoms with van der Waals surface area (Å²) >= 11 is 0. The number of amides is 3. The first-order chi connectivity index (χ1) is 30.4. The third-order valence-corrected chi connectivity index (χ3v) is 9.84. The highest BCUT2D eigenvalue weighted by Gasteiger charge is 2.25. The molecule has 0 radical (unpaired) electrons. The second-order valence-electron chi connectivity index (χ2n) is 19.1. The average molecular weight is 934 g/mol. The molecule has 3 aromatic carbocycles. The summed E-state index contributed by atoms with van der Waals surface area (Å²) in [6, 6.07) is 17.7. The maximum atomic E-state index is 13.7. The number of guanidine groups is 2. The Morgan fingerprint density at radius 3 is 1.79 bits per heavy atom. The van der Waals surface area contributed by atoms with E-state index in [-0.39, 0.29) is 48.0 Å². The van der Waals surface area contributed by atoms with Crippen molar-refractivity contribution >= 4 is 67.6 Å². The Bertz CT molecular complexity index is 2290. The minimum atomic E-state index is -1.50. The first-order valence-electron chi connectivity index (χ1n) is 21.0. The quantitative estimate of drug-likeness (QED) is 0.0296. The molecular weight excluding hydrogens is 871 g/mol. The van der Waals surface area contributed by atoms with E-state index >= 15 is 0 Å². The van der Waals surface area contributed by atoms with Gasteiger partial charge in [0.15, 0.2) is 0 Å². The van der Waals surface area contributed by atoms with E-state index in [1.54, 1.807) is 98.7 Å². The number of hydrogen-bond acceptors (Lipinski definition) is 12. The molecule has 358 valence electrons. The van der Waals surface area contributed by atoms with E-state index < -0.39 is 79.5 Å². The number of aliphatic imine (C=N–C) groups is 2. The van der Waals surface area contributed by atoms with Crippen LogP contribution in [-0.4, -0.2) is 91.0 Å². The van der Waals surface area contributed by atoms with Gasteiger partial charge in [-0.05, 0) is 116 Å². The van der Waals surface area contributed by atoms with Gasteiger partial charge in [0, 0.05) is 14.6 Å². The van der Waals surface area contributed by atoms with Crippen LogP contribution < -0.4 is 26.8 Å². The topological polar surface area (TPSA) is 262 Å². The van der Waals surface area contributed by atoms with Crippen LogP contribution in [0.1, 0.15) is 94.2 Å². The maximum Gasteiger partial charge on any atom is 0.437 e. The highest BCUT2D eigenvalue weighted by atomic mass is 28.3. The van der Waals surface area contributed by atoms with Gasteiger partial charge < -0.3 is 50.5 Å². The van der Waals surface area contributed by atoms with Crippen LogP contribution >= 0.6 is 0 Å². The summed E-state index contributed by atoms with van der Waals surface area (Å²) in [6.07, 6.45) is -2.81. The van der Waals surface area contributed by atoms with Crippen LogP contribution in [0.3, 0.4) is 0 Å². The molecule has 0 saturated carbocycles. The van der Waals surface area contributed by atoms with E-state index in [4.69, 9.17) is 39.9 Å².